The molecular formula is C18H17F2NO3. The fraction of sp³-hybridized carbons (Fsp3) is 0.167. The summed E-state index contributed by atoms with van der Waals surface area (Å²) in [6.07, 6.45) is 2.80. The second-order valence-electron chi connectivity index (χ2n) is 4.79. The first-order chi connectivity index (χ1) is 11.5. The number of nitrogens with one attached hydrogen (secondary N) is 1. The topological polar surface area (TPSA) is 47.6 Å². The largest absolute Gasteiger partial charge is 0.493 e. The maximum atomic E-state index is 13.5. The molecule has 2 rings (SSSR count). The highest BCUT2D eigenvalue weighted by atomic mass is 19.1. The Hall–Kier alpha value is -2.89. The van der Waals surface area contributed by atoms with Gasteiger partial charge in [-0.3, -0.25) is 4.79 Å². The fourth-order valence-corrected chi connectivity index (χ4v) is 2.00. The van der Waals surface area contributed by atoms with E-state index >= 15 is 0 Å². The standard InChI is InChI=1S/C18H17F2NO3/c1-3-24-16-8-4-12(10-17(16)23-2)5-9-18(22)21-15-7-6-13(19)11-14(15)20/h4-11H,3H2,1-2H3,(H,21,22). The summed E-state index contributed by atoms with van der Waals surface area (Å²) < 4.78 is 36.9. The van der Waals surface area contributed by atoms with E-state index in [1.165, 1.54) is 13.2 Å². The molecule has 0 heterocycles. The smallest absolute Gasteiger partial charge is 0.248 e. The lowest BCUT2D eigenvalue weighted by Crippen LogP contribution is -2.09. The second kappa shape index (κ2) is 8.10. The quantitative estimate of drug-likeness (QED) is 0.812. The number of anilines is 1. The number of halogens is 2. The van der Waals surface area contributed by atoms with Crippen molar-refractivity contribution in [2.45, 2.75) is 6.92 Å². The highest BCUT2D eigenvalue weighted by Crippen LogP contribution is 2.28. The summed E-state index contributed by atoms with van der Waals surface area (Å²) in [7, 11) is 1.52. The fourth-order valence-electron chi connectivity index (χ4n) is 2.00. The lowest BCUT2D eigenvalue weighted by atomic mass is 10.2. The first-order valence-corrected chi connectivity index (χ1v) is 7.28. The average molecular weight is 333 g/mol. The van der Waals surface area contributed by atoms with Crippen molar-refractivity contribution in [1.82, 2.24) is 0 Å². The molecule has 1 N–H and O–H groups in total. The Morgan fingerprint density at radius 1 is 1.17 bits per heavy atom. The van der Waals surface area contributed by atoms with Crippen molar-refractivity contribution in [3.63, 3.8) is 0 Å². The summed E-state index contributed by atoms with van der Waals surface area (Å²) in [5, 5.41) is 2.34. The zero-order chi connectivity index (χ0) is 17.5. The third kappa shape index (κ3) is 4.55. The van der Waals surface area contributed by atoms with Gasteiger partial charge in [0.2, 0.25) is 5.91 Å². The Morgan fingerprint density at radius 2 is 1.96 bits per heavy atom. The first kappa shape index (κ1) is 17.5. The van der Waals surface area contributed by atoms with E-state index in [-0.39, 0.29) is 5.69 Å². The molecule has 24 heavy (non-hydrogen) atoms. The Labute approximate surface area is 138 Å². The lowest BCUT2D eigenvalue weighted by molar-refractivity contribution is -0.111. The zero-order valence-electron chi connectivity index (χ0n) is 13.3. The maximum absolute atomic E-state index is 13.5. The Kier molecular flexibility index (Phi) is 5.89. The molecule has 0 radical (unpaired) electrons. The van der Waals surface area contributed by atoms with Gasteiger partial charge in [0.1, 0.15) is 11.6 Å². The molecule has 0 aliphatic rings. The van der Waals surface area contributed by atoms with Gasteiger partial charge in [0.05, 0.1) is 19.4 Å². The van der Waals surface area contributed by atoms with Gasteiger partial charge in [-0.05, 0) is 42.8 Å². The summed E-state index contributed by atoms with van der Waals surface area (Å²) in [4.78, 5) is 11.8. The minimum absolute atomic E-state index is 0.0877. The SMILES string of the molecule is CCOc1ccc(C=CC(=O)Nc2ccc(F)cc2F)cc1OC. The van der Waals surface area contributed by atoms with Crippen LogP contribution in [0, 0.1) is 11.6 Å². The molecule has 126 valence electrons. The number of methoxy groups -OCH3 is 1. The van der Waals surface area contributed by atoms with Crippen molar-refractivity contribution in [3.05, 3.63) is 59.7 Å². The van der Waals surface area contributed by atoms with Crippen LogP contribution in [0.25, 0.3) is 6.08 Å². The summed E-state index contributed by atoms with van der Waals surface area (Å²) in [6.45, 7) is 2.38. The third-order valence-corrected chi connectivity index (χ3v) is 3.10. The molecule has 1 amide bonds. The van der Waals surface area contributed by atoms with Crippen LogP contribution in [0.4, 0.5) is 14.5 Å². The molecule has 0 aliphatic carbocycles. The van der Waals surface area contributed by atoms with Gasteiger partial charge in [0.25, 0.3) is 0 Å². The van der Waals surface area contributed by atoms with Gasteiger partial charge in [0, 0.05) is 12.1 Å². The van der Waals surface area contributed by atoms with Crippen molar-refractivity contribution in [2.24, 2.45) is 0 Å². The van der Waals surface area contributed by atoms with Crippen LogP contribution in [0.1, 0.15) is 12.5 Å². The minimum Gasteiger partial charge on any atom is -0.493 e. The van der Waals surface area contributed by atoms with E-state index in [9.17, 15) is 13.6 Å². The molecule has 0 saturated heterocycles. The molecule has 0 saturated carbocycles. The van der Waals surface area contributed by atoms with E-state index in [0.717, 1.165) is 12.1 Å². The molecule has 2 aromatic carbocycles. The van der Waals surface area contributed by atoms with Crippen LogP contribution < -0.4 is 14.8 Å². The van der Waals surface area contributed by atoms with Crippen LogP contribution in [0.5, 0.6) is 11.5 Å². The molecule has 4 nitrogen and oxygen atoms in total. The van der Waals surface area contributed by atoms with Gasteiger partial charge in [-0.15, -0.1) is 0 Å². The second-order valence-corrected chi connectivity index (χ2v) is 4.79. The van der Waals surface area contributed by atoms with E-state index in [1.807, 2.05) is 6.92 Å². The predicted molar refractivity (Wildman–Crippen MR) is 88.2 cm³/mol. The van der Waals surface area contributed by atoms with Crippen molar-refractivity contribution < 1.29 is 23.0 Å². The van der Waals surface area contributed by atoms with Crippen molar-refractivity contribution in [2.75, 3.05) is 19.0 Å². The van der Waals surface area contributed by atoms with E-state index < -0.39 is 17.5 Å². The summed E-state index contributed by atoms with van der Waals surface area (Å²) >= 11 is 0. The maximum Gasteiger partial charge on any atom is 0.248 e. The van der Waals surface area contributed by atoms with Crippen LogP contribution in [0.3, 0.4) is 0 Å². The van der Waals surface area contributed by atoms with E-state index in [0.29, 0.717) is 29.7 Å². The van der Waals surface area contributed by atoms with Gasteiger partial charge >= 0.3 is 0 Å². The van der Waals surface area contributed by atoms with Gasteiger partial charge < -0.3 is 14.8 Å². The molecule has 0 aromatic heterocycles. The van der Waals surface area contributed by atoms with E-state index in [1.54, 1.807) is 24.3 Å². The molecule has 6 heteroatoms. The number of hydrogen-bond donors (Lipinski definition) is 1. The number of hydrogen-bond acceptors (Lipinski definition) is 3. The van der Waals surface area contributed by atoms with E-state index in [4.69, 9.17) is 9.47 Å². The molecule has 0 aliphatic heterocycles. The molecule has 0 spiro atoms. The van der Waals surface area contributed by atoms with Crippen molar-refractivity contribution >= 4 is 17.7 Å². The number of carbonyl (C=O) groups is 1. The summed E-state index contributed by atoms with van der Waals surface area (Å²) in [6, 6.07) is 8.15. The van der Waals surface area contributed by atoms with Gasteiger partial charge in [0.15, 0.2) is 11.5 Å². The number of carbonyl (C=O) groups excluding carboxylic acids is 1. The summed E-state index contributed by atoms with van der Waals surface area (Å²) in [5.74, 6) is -0.922. The van der Waals surface area contributed by atoms with Crippen molar-refractivity contribution in [3.8, 4) is 11.5 Å². The predicted octanol–water partition coefficient (Wildman–Crippen LogP) is 4.02. The molecule has 0 atom stereocenters. The van der Waals surface area contributed by atoms with Gasteiger partial charge in [-0.2, -0.15) is 0 Å². The summed E-state index contributed by atoms with van der Waals surface area (Å²) in [5.41, 5.74) is 0.625. The third-order valence-electron chi connectivity index (χ3n) is 3.10. The number of rotatable bonds is 6. The van der Waals surface area contributed by atoms with Crippen LogP contribution in [0.2, 0.25) is 0 Å². The Morgan fingerprint density at radius 3 is 2.62 bits per heavy atom. The molecule has 2 aromatic rings. The zero-order valence-corrected chi connectivity index (χ0v) is 13.3. The molecular weight excluding hydrogens is 316 g/mol. The number of ether oxygens (including phenoxy) is 2. The molecule has 0 fully saturated rings. The van der Waals surface area contributed by atoms with Crippen LogP contribution in [0.15, 0.2) is 42.5 Å². The Balaban J connectivity index is 2.08. The molecule has 0 bridgehead atoms. The van der Waals surface area contributed by atoms with Crippen LogP contribution >= 0.6 is 0 Å². The van der Waals surface area contributed by atoms with Crippen LogP contribution in [-0.2, 0) is 4.79 Å². The Bertz CT molecular complexity index is 760. The first-order valence-electron chi connectivity index (χ1n) is 7.28. The highest BCUT2D eigenvalue weighted by Gasteiger charge is 2.07. The average Bonchev–Trinajstić information content (AvgIpc) is 2.56. The molecule has 0 unspecified atom stereocenters. The van der Waals surface area contributed by atoms with Crippen LogP contribution in [-0.4, -0.2) is 19.6 Å². The lowest BCUT2D eigenvalue weighted by Gasteiger charge is -2.09. The monoisotopic (exact) mass is 333 g/mol. The minimum atomic E-state index is -0.834. The number of amides is 1. The normalized spacial score (nSPS) is 10.7. The van der Waals surface area contributed by atoms with Gasteiger partial charge in [-0.1, -0.05) is 6.07 Å². The van der Waals surface area contributed by atoms with E-state index in [2.05, 4.69) is 5.32 Å². The number of benzene rings is 2. The highest BCUT2D eigenvalue weighted by molar-refractivity contribution is 6.02. The van der Waals surface area contributed by atoms with Gasteiger partial charge in [-0.25, -0.2) is 8.78 Å². The van der Waals surface area contributed by atoms with Crippen molar-refractivity contribution in [1.29, 1.82) is 0 Å².